The first kappa shape index (κ1) is 22.2. The molecule has 0 amide bonds. The molecular weight excluding hydrogens is 492 g/mol. The first-order valence-electron chi connectivity index (χ1n) is 10.7. The van der Waals surface area contributed by atoms with E-state index in [1.54, 1.807) is 34.0 Å². The van der Waals surface area contributed by atoms with Crippen molar-refractivity contribution in [1.29, 1.82) is 0 Å². The van der Waals surface area contributed by atoms with Crippen molar-refractivity contribution < 1.29 is 5.11 Å². The Hall–Kier alpha value is -0.980. The summed E-state index contributed by atoms with van der Waals surface area (Å²) in [5, 5.41) is 13.1. The van der Waals surface area contributed by atoms with Gasteiger partial charge >= 0.3 is 0 Å². The SMILES string of the molecule is CCCCCCCCc1ccc(-c2cc(Br)c(C(O)c3cc4sccc4s3)s2)cc1. The van der Waals surface area contributed by atoms with Crippen molar-refractivity contribution in [2.45, 2.75) is 58.0 Å². The van der Waals surface area contributed by atoms with Gasteiger partial charge in [-0.15, -0.1) is 34.0 Å². The summed E-state index contributed by atoms with van der Waals surface area (Å²) in [5.74, 6) is 0. The largest absolute Gasteiger partial charge is 0.382 e. The second kappa shape index (κ2) is 10.6. The number of aliphatic hydroxyl groups is 1. The number of aryl methyl sites for hydroxylation is 1. The molecule has 0 saturated heterocycles. The zero-order valence-corrected chi connectivity index (χ0v) is 21.2. The normalized spacial score (nSPS) is 12.6. The summed E-state index contributed by atoms with van der Waals surface area (Å²) < 4.78 is 3.49. The van der Waals surface area contributed by atoms with Crippen LogP contribution in [0.3, 0.4) is 0 Å². The maximum atomic E-state index is 11.0. The van der Waals surface area contributed by atoms with Crippen molar-refractivity contribution in [3.05, 3.63) is 67.6 Å². The molecule has 0 saturated carbocycles. The van der Waals surface area contributed by atoms with E-state index in [0.29, 0.717) is 0 Å². The zero-order valence-electron chi connectivity index (χ0n) is 17.2. The number of unbranched alkanes of at least 4 members (excludes halogenated alkanes) is 5. The van der Waals surface area contributed by atoms with E-state index in [2.05, 4.69) is 70.7 Å². The Morgan fingerprint density at radius 1 is 0.900 bits per heavy atom. The van der Waals surface area contributed by atoms with E-state index < -0.39 is 6.10 Å². The molecule has 30 heavy (non-hydrogen) atoms. The first-order valence-corrected chi connectivity index (χ1v) is 14.0. The van der Waals surface area contributed by atoms with Gasteiger partial charge in [-0.3, -0.25) is 0 Å². The Kier molecular flexibility index (Phi) is 7.82. The maximum Gasteiger partial charge on any atom is 0.124 e. The van der Waals surface area contributed by atoms with E-state index in [0.717, 1.165) is 14.2 Å². The standard InChI is InChI=1S/C25H27BrOS3/c1-2-3-4-5-6-7-8-17-9-11-18(12-10-17)21-15-19(26)25(30-21)24(27)23-16-22-20(29-23)13-14-28-22/h9-16,24,27H,2-8H2,1H3. The molecule has 0 aliphatic heterocycles. The molecule has 0 aliphatic rings. The molecule has 3 heterocycles. The lowest BCUT2D eigenvalue weighted by Crippen LogP contribution is -1.93. The molecule has 1 nitrogen and oxygen atoms in total. The van der Waals surface area contributed by atoms with Gasteiger partial charge in [-0.25, -0.2) is 0 Å². The number of halogens is 1. The third-order valence-corrected chi connectivity index (χ3v) is 9.75. The molecule has 158 valence electrons. The Labute approximate surface area is 199 Å². The fraction of sp³-hybridized carbons (Fsp3) is 0.360. The van der Waals surface area contributed by atoms with Gasteiger partial charge in [0, 0.05) is 23.6 Å². The highest BCUT2D eigenvalue weighted by atomic mass is 79.9. The molecule has 1 aromatic carbocycles. The highest BCUT2D eigenvalue weighted by molar-refractivity contribution is 9.10. The maximum absolute atomic E-state index is 11.0. The smallest absolute Gasteiger partial charge is 0.124 e. The van der Waals surface area contributed by atoms with Crippen LogP contribution in [0.1, 0.15) is 66.9 Å². The molecule has 4 aromatic rings. The third-order valence-electron chi connectivity index (χ3n) is 5.45. The number of benzene rings is 1. The molecule has 0 radical (unpaired) electrons. The molecule has 0 fully saturated rings. The molecule has 3 aromatic heterocycles. The second-order valence-electron chi connectivity index (χ2n) is 7.74. The zero-order chi connectivity index (χ0) is 20.9. The Balaban J connectivity index is 1.40. The summed E-state index contributed by atoms with van der Waals surface area (Å²) in [4.78, 5) is 3.19. The third kappa shape index (κ3) is 5.25. The van der Waals surface area contributed by atoms with Crippen LogP contribution in [0.15, 0.2) is 52.3 Å². The number of aliphatic hydroxyl groups excluding tert-OH is 1. The number of rotatable bonds is 10. The van der Waals surface area contributed by atoms with Crippen molar-refractivity contribution in [2.75, 3.05) is 0 Å². The van der Waals surface area contributed by atoms with Gasteiger partial charge in [0.05, 0.1) is 4.88 Å². The molecule has 1 N–H and O–H groups in total. The topological polar surface area (TPSA) is 20.2 Å². The van der Waals surface area contributed by atoms with Crippen LogP contribution in [0.5, 0.6) is 0 Å². The van der Waals surface area contributed by atoms with Gasteiger partial charge in [0.1, 0.15) is 6.10 Å². The van der Waals surface area contributed by atoms with Crippen molar-refractivity contribution in [2.24, 2.45) is 0 Å². The fourth-order valence-corrected chi connectivity index (χ4v) is 7.80. The Bertz CT molecular complexity index is 1050. The minimum atomic E-state index is -0.574. The Morgan fingerprint density at radius 3 is 2.43 bits per heavy atom. The van der Waals surface area contributed by atoms with Gasteiger partial charge in [-0.05, 0) is 63.5 Å². The Morgan fingerprint density at radius 2 is 1.67 bits per heavy atom. The minimum absolute atomic E-state index is 0.574. The lowest BCUT2D eigenvalue weighted by Gasteiger charge is -2.06. The lowest BCUT2D eigenvalue weighted by molar-refractivity contribution is 0.227. The predicted octanol–water partition coefficient (Wildman–Crippen LogP) is 9.44. The number of hydrogen-bond acceptors (Lipinski definition) is 4. The average molecular weight is 520 g/mol. The van der Waals surface area contributed by atoms with Crippen LogP contribution < -0.4 is 0 Å². The van der Waals surface area contributed by atoms with Crippen molar-refractivity contribution in [1.82, 2.24) is 0 Å². The van der Waals surface area contributed by atoms with E-state index in [4.69, 9.17) is 0 Å². The fourth-order valence-electron chi connectivity index (χ4n) is 3.71. The average Bonchev–Trinajstić information content (AvgIpc) is 3.45. The van der Waals surface area contributed by atoms with Crippen LogP contribution in [0, 0.1) is 0 Å². The number of thiophene rings is 3. The van der Waals surface area contributed by atoms with E-state index in [1.165, 1.54) is 70.3 Å². The van der Waals surface area contributed by atoms with Crippen LogP contribution >= 0.6 is 49.9 Å². The van der Waals surface area contributed by atoms with Crippen LogP contribution in [0.4, 0.5) is 0 Å². The van der Waals surface area contributed by atoms with Crippen LogP contribution in [-0.2, 0) is 6.42 Å². The van der Waals surface area contributed by atoms with Gasteiger partial charge in [0.25, 0.3) is 0 Å². The molecule has 0 bridgehead atoms. The van der Waals surface area contributed by atoms with E-state index in [9.17, 15) is 5.11 Å². The van der Waals surface area contributed by atoms with Gasteiger partial charge in [-0.1, -0.05) is 63.3 Å². The van der Waals surface area contributed by atoms with Crippen molar-refractivity contribution in [3.63, 3.8) is 0 Å². The van der Waals surface area contributed by atoms with Gasteiger partial charge in [-0.2, -0.15) is 0 Å². The molecule has 0 spiro atoms. The molecule has 0 aliphatic carbocycles. The van der Waals surface area contributed by atoms with Crippen molar-refractivity contribution in [3.8, 4) is 10.4 Å². The van der Waals surface area contributed by atoms with Gasteiger partial charge < -0.3 is 5.11 Å². The second-order valence-corrected chi connectivity index (χ2v) is 11.7. The number of fused-ring (bicyclic) bond motifs is 1. The molecule has 4 rings (SSSR count). The summed E-state index contributed by atoms with van der Waals surface area (Å²) in [5.41, 5.74) is 2.64. The van der Waals surface area contributed by atoms with Crippen LogP contribution in [-0.4, -0.2) is 5.11 Å². The summed E-state index contributed by atoms with van der Waals surface area (Å²) in [6, 6.07) is 15.4. The van der Waals surface area contributed by atoms with Crippen molar-refractivity contribution >= 4 is 59.3 Å². The lowest BCUT2D eigenvalue weighted by atomic mass is 10.0. The summed E-state index contributed by atoms with van der Waals surface area (Å²) in [6.07, 6.45) is 8.62. The molecular formula is C25H27BrOS3. The van der Waals surface area contributed by atoms with Crippen LogP contribution in [0.2, 0.25) is 0 Å². The summed E-state index contributed by atoms with van der Waals surface area (Å²) >= 11 is 8.77. The minimum Gasteiger partial charge on any atom is -0.382 e. The van der Waals surface area contributed by atoms with Crippen LogP contribution in [0.25, 0.3) is 19.8 Å². The number of hydrogen-bond donors (Lipinski definition) is 1. The van der Waals surface area contributed by atoms with Gasteiger partial charge in [0.2, 0.25) is 0 Å². The summed E-state index contributed by atoms with van der Waals surface area (Å²) in [7, 11) is 0. The predicted molar refractivity (Wildman–Crippen MR) is 138 cm³/mol. The highest BCUT2D eigenvalue weighted by Gasteiger charge is 2.20. The quantitative estimate of drug-likeness (QED) is 0.207. The molecule has 1 atom stereocenters. The molecule has 5 heteroatoms. The van der Waals surface area contributed by atoms with E-state index in [1.807, 2.05) is 0 Å². The first-order chi connectivity index (χ1) is 14.7. The highest BCUT2D eigenvalue weighted by Crippen LogP contribution is 2.43. The monoisotopic (exact) mass is 518 g/mol. The summed E-state index contributed by atoms with van der Waals surface area (Å²) in [6.45, 7) is 2.27. The molecule has 1 unspecified atom stereocenters. The van der Waals surface area contributed by atoms with E-state index in [-0.39, 0.29) is 0 Å². The van der Waals surface area contributed by atoms with Gasteiger partial charge in [0.15, 0.2) is 0 Å². The van der Waals surface area contributed by atoms with E-state index >= 15 is 0 Å².